The number of para-hydroxylation sites is 1. The Morgan fingerprint density at radius 3 is 2.73 bits per heavy atom. The van der Waals surface area contributed by atoms with E-state index >= 15 is 0 Å². The van der Waals surface area contributed by atoms with Gasteiger partial charge in [0.05, 0.1) is 18.2 Å². The molecule has 0 fully saturated rings. The minimum Gasteiger partial charge on any atom is -0.494 e. The Kier molecular flexibility index (Phi) is 4.71. The van der Waals surface area contributed by atoms with Gasteiger partial charge in [-0.05, 0) is 54.8 Å². The van der Waals surface area contributed by atoms with E-state index in [1.165, 1.54) is 10.9 Å². The Morgan fingerprint density at radius 1 is 1.13 bits per heavy atom. The maximum absolute atomic E-state index is 13.4. The highest BCUT2D eigenvalue weighted by molar-refractivity contribution is 5.95. The van der Waals surface area contributed by atoms with Crippen LogP contribution in [0, 0.1) is 0 Å². The molecule has 1 atom stereocenters. The van der Waals surface area contributed by atoms with Gasteiger partial charge in [0, 0.05) is 35.5 Å². The Hall–Kier alpha value is -3.60. The number of carbonyl (C=O) groups is 1. The quantitative estimate of drug-likeness (QED) is 0.541. The molecule has 1 N–H and O–H groups in total. The molecule has 0 spiro atoms. The number of benzene rings is 2. The molecule has 2 aromatic heterocycles. The highest BCUT2D eigenvalue weighted by Gasteiger charge is 2.35. The minimum atomic E-state index is -0.190. The number of aromatic amines is 1. The van der Waals surface area contributed by atoms with Crippen LogP contribution in [0.2, 0.25) is 0 Å². The lowest BCUT2D eigenvalue weighted by Gasteiger charge is -2.36. The summed E-state index contributed by atoms with van der Waals surface area (Å²) in [6, 6.07) is 19.8. The summed E-state index contributed by atoms with van der Waals surface area (Å²) >= 11 is 0. The Bertz CT molecular complexity index is 1180. The lowest BCUT2D eigenvalue weighted by atomic mass is 9.91. The van der Waals surface area contributed by atoms with E-state index in [1.54, 1.807) is 18.5 Å². The topological polar surface area (TPSA) is 58.2 Å². The van der Waals surface area contributed by atoms with Gasteiger partial charge in [-0.25, -0.2) is 0 Å². The molecule has 150 valence electrons. The smallest absolute Gasteiger partial charge is 0.256 e. The summed E-state index contributed by atoms with van der Waals surface area (Å²) in [6.07, 6.45) is 4.14. The first-order valence-electron chi connectivity index (χ1n) is 10.3. The average Bonchev–Trinajstić information content (AvgIpc) is 3.18. The number of nitrogens with zero attached hydrogens (tertiary/aromatic N) is 2. The van der Waals surface area contributed by atoms with E-state index < -0.39 is 0 Å². The van der Waals surface area contributed by atoms with Gasteiger partial charge in [0.25, 0.3) is 5.91 Å². The first-order chi connectivity index (χ1) is 14.8. The molecule has 0 radical (unpaired) electrons. The van der Waals surface area contributed by atoms with Crippen LogP contribution in [-0.2, 0) is 6.42 Å². The van der Waals surface area contributed by atoms with Crippen LogP contribution in [0.1, 0.15) is 40.1 Å². The monoisotopic (exact) mass is 397 g/mol. The van der Waals surface area contributed by atoms with E-state index in [1.807, 2.05) is 36.1 Å². The second-order valence-corrected chi connectivity index (χ2v) is 7.46. The van der Waals surface area contributed by atoms with Crippen LogP contribution in [0.25, 0.3) is 10.9 Å². The molecule has 3 heterocycles. The fraction of sp³-hybridized carbons (Fsp3) is 0.200. The molecule has 5 nitrogen and oxygen atoms in total. The molecule has 0 aliphatic carbocycles. The summed E-state index contributed by atoms with van der Waals surface area (Å²) in [5, 5.41) is 1.23. The standard InChI is InChI=1S/C25H23N3O2/c1-2-30-19-11-9-17(10-12-19)24-23-21(20-7-3-4-8-22(20)27-23)13-15-28(24)25(29)18-6-5-14-26-16-18/h3-12,14,16,24,27H,2,13,15H2,1H3/t24-/m1/s1. The zero-order valence-electron chi connectivity index (χ0n) is 16.8. The largest absolute Gasteiger partial charge is 0.494 e. The van der Waals surface area contributed by atoms with Crippen LogP contribution in [0.15, 0.2) is 73.1 Å². The van der Waals surface area contributed by atoms with Crippen LogP contribution in [-0.4, -0.2) is 33.9 Å². The molecule has 1 amide bonds. The van der Waals surface area contributed by atoms with Crippen molar-refractivity contribution < 1.29 is 9.53 Å². The molecule has 4 aromatic rings. The highest BCUT2D eigenvalue weighted by atomic mass is 16.5. The van der Waals surface area contributed by atoms with Gasteiger partial charge in [0.15, 0.2) is 0 Å². The molecule has 1 aliphatic rings. The van der Waals surface area contributed by atoms with Gasteiger partial charge in [-0.3, -0.25) is 9.78 Å². The number of aromatic nitrogens is 2. The van der Waals surface area contributed by atoms with Gasteiger partial charge in [-0.1, -0.05) is 30.3 Å². The lowest BCUT2D eigenvalue weighted by molar-refractivity contribution is 0.0691. The fourth-order valence-electron chi connectivity index (χ4n) is 4.37. The first-order valence-corrected chi connectivity index (χ1v) is 10.3. The van der Waals surface area contributed by atoms with Crippen molar-refractivity contribution in [3.05, 3.63) is 95.4 Å². The maximum Gasteiger partial charge on any atom is 0.256 e. The van der Waals surface area contributed by atoms with Crippen LogP contribution in [0.4, 0.5) is 0 Å². The normalized spacial score (nSPS) is 15.8. The molecule has 2 aromatic carbocycles. The van der Waals surface area contributed by atoms with Crippen molar-refractivity contribution in [2.75, 3.05) is 13.2 Å². The molecular formula is C25H23N3O2. The van der Waals surface area contributed by atoms with Crippen LogP contribution in [0.3, 0.4) is 0 Å². The van der Waals surface area contributed by atoms with Gasteiger partial charge in [-0.15, -0.1) is 0 Å². The molecule has 0 bridgehead atoms. The van der Waals surface area contributed by atoms with Crippen LogP contribution >= 0.6 is 0 Å². The van der Waals surface area contributed by atoms with E-state index in [2.05, 4.69) is 40.3 Å². The number of H-pyrrole nitrogens is 1. The molecule has 5 heteroatoms. The number of fused-ring (bicyclic) bond motifs is 3. The predicted molar refractivity (Wildman–Crippen MR) is 117 cm³/mol. The number of amides is 1. The van der Waals surface area contributed by atoms with Crippen molar-refractivity contribution in [1.82, 2.24) is 14.9 Å². The zero-order valence-corrected chi connectivity index (χ0v) is 16.8. The Morgan fingerprint density at radius 2 is 1.97 bits per heavy atom. The second-order valence-electron chi connectivity index (χ2n) is 7.46. The van der Waals surface area contributed by atoms with E-state index in [0.717, 1.165) is 28.9 Å². The summed E-state index contributed by atoms with van der Waals surface area (Å²) in [4.78, 5) is 23.1. The Balaban J connectivity index is 1.63. The SMILES string of the molecule is CCOc1ccc([C@@H]2c3[nH]c4ccccc4c3CCN2C(=O)c2cccnc2)cc1. The van der Waals surface area contributed by atoms with Gasteiger partial charge in [0.1, 0.15) is 5.75 Å². The van der Waals surface area contributed by atoms with Crippen LogP contribution in [0.5, 0.6) is 5.75 Å². The van der Waals surface area contributed by atoms with Crippen molar-refractivity contribution in [2.45, 2.75) is 19.4 Å². The molecule has 0 saturated carbocycles. The lowest BCUT2D eigenvalue weighted by Crippen LogP contribution is -2.40. The molecule has 0 saturated heterocycles. The van der Waals surface area contributed by atoms with Gasteiger partial charge in [-0.2, -0.15) is 0 Å². The molecule has 1 aliphatic heterocycles. The first kappa shape index (κ1) is 18.4. The van der Waals surface area contributed by atoms with Crippen molar-refractivity contribution >= 4 is 16.8 Å². The number of hydrogen-bond acceptors (Lipinski definition) is 3. The van der Waals surface area contributed by atoms with Crippen molar-refractivity contribution in [2.24, 2.45) is 0 Å². The number of ether oxygens (including phenoxy) is 1. The summed E-state index contributed by atoms with van der Waals surface area (Å²) < 4.78 is 5.61. The number of rotatable bonds is 4. The number of pyridine rings is 1. The third-order valence-corrected chi connectivity index (χ3v) is 5.71. The summed E-state index contributed by atoms with van der Waals surface area (Å²) in [6.45, 7) is 3.25. The van der Waals surface area contributed by atoms with Gasteiger partial charge >= 0.3 is 0 Å². The molecular weight excluding hydrogens is 374 g/mol. The summed E-state index contributed by atoms with van der Waals surface area (Å²) in [5.41, 5.74) is 5.15. The third kappa shape index (κ3) is 3.12. The maximum atomic E-state index is 13.4. The Labute approximate surface area is 175 Å². The van der Waals surface area contributed by atoms with Crippen LogP contribution < -0.4 is 4.74 Å². The second kappa shape index (κ2) is 7.67. The van der Waals surface area contributed by atoms with Gasteiger partial charge < -0.3 is 14.6 Å². The minimum absolute atomic E-state index is 0.00806. The number of nitrogens with one attached hydrogen (secondary N) is 1. The van der Waals surface area contributed by atoms with E-state index in [4.69, 9.17) is 4.74 Å². The van der Waals surface area contributed by atoms with Crippen molar-refractivity contribution in [3.8, 4) is 5.75 Å². The average molecular weight is 397 g/mol. The number of carbonyl (C=O) groups excluding carboxylic acids is 1. The number of hydrogen-bond donors (Lipinski definition) is 1. The fourth-order valence-corrected chi connectivity index (χ4v) is 4.37. The molecule has 30 heavy (non-hydrogen) atoms. The van der Waals surface area contributed by atoms with Crippen molar-refractivity contribution in [1.29, 1.82) is 0 Å². The van der Waals surface area contributed by atoms with E-state index in [0.29, 0.717) is 18.7 Å². The van der Waals surface area contributed by atoms with E-state index in [-0.39, 0.29) is 11.9 Å². The predicted octanol–water partition coefficient (Wildman–Crippen LogP) is 4.75. The zero-order chi connectivity index (χ0) is 20.5. The van der Waals surface area contributed by atoms with E-state index in [9.17, 15) is 4.79 Å². The summed E-state index contributed by atoms with van der Waals surface area (Å²) in [7, 11) is 0. The summed E-state index contributed by atoms with van der Waals surface area (Å²) in [5.74, 6) is 0.824. The van der Waals surface area contributed by atoms with Crippen molar-refractivity contribution in [3.63, 3.8) is 0 Å². The molecule has 5 rings (SSSR count). The van der Waals surface area contributed by atoms with Gasteiger partial charge in [0.2, 0.25) is 0 Å². The third-order valence-electron chi connectivity index (χ3n) is 5.71. The molecule has 0 unspecified atom stereocenters. The highest BCUT2D eigenvalue weighted by Crippen LogP contribution is 2.39.